The van der Waals surface area contributed by atoms with Crippen LogP contribution in [0.25, 0.3) is 6.08 Å². The van der Waals surface area contributed by atoms with Gasteiger partial charge in [0.15, 0.2) is 0 Å². The highest BCUT2D eigenvalue weighted by molar-refractivity contribution is 6.31. The molecule has 30 heavy (non-hydrogen) atoms. The van der Waals surface area contributed by atoms with Gasteiger partial charge in [-0.25, -0.2) is 5.01 Å². The Balaban J connectivity index is 1.62. The minimum absolute atomic E-state index is 0.0356. The van der Waals surface area contributed by atoms with Crippen LogP contribution in [0.2, 0.25) is 0 Å². The quantitative estimate of drug-likeness (QED) is 0.522. The summed E-state index contributed by atoms with van der Waals surface area (Å²) < 4.78 is 1.65. The normalized spacial score (nSPS) is 14.9. The highest BCUT2D eigenvalue weighted by Gasteiger charge is 2.34. The lowest BCUT2D eigenvalue weighted by atomic mass is 10.1. The number of carbonyl (C=O) groups is 3. The SMILES string of the molecule is Cc1cc(C=C2C(=O)NN(c3ccccc3)C2=O)c(C)n1NC(=O)c1ccccc1. The fourth-order valence-corrected chi connectivity index (χ4v) is 3.33. The van der Waals surface area contributed by atoms with Crippen LogP contribution in [0.1, 0.15) is 27.3 Å². The fourth-order valence-electron chi connectivity index (χ4n) is 3.33. The van der Waals surface area contributed by atoms with Crippen molar-refractivity contribution in [2.24, 2.45) is 0 Å². The molecule has 3 amide bonds. The zero-order valence-electron chi connectivity index (χ0n) is 16.5. The van der Waals surface area contributed by atoms with E-state index in [1.165, 1.54) is 5.01 Å². The molecule has 150 valence electrons. The average Bonchev–Trinajstić information content (AvgIpc) is 3.19. The molecule has 1 aliphatic heterocycles. The lowest BCUT2D eigenvalue weighted by Crippen LogP contribution is -2.35. The number of hydrogen-bond donors (Lipinski definition) is 2. The molecule has 1 aliphatic rings. The van der Waals surface area contributed by atoms with Crippen molar-refractivity contribution in [1.29, 1.82) is 0 Å². The predicted octanol–water partition coefficient (Wildman–Crippen LogP) is 2.95. The van der Waals surface area contributed by atoms with E-state index in [-0.39, 0.29) is 11.5 Å². The molecule has 2 heterocycles. The van der Waals surface area contributed by atoms with Gasteiger partial charge < -0.3 is 0 Å². The van der Waals surface area contributed by atoms with E-state index in [0.29, 0.717) is 22.5 Å². The summed E-state index contributed by atoms with van der Waals surface area (Å²) in [5.41, 5.74) is 8.75. The summed E-state index contributed by atoms with van der Waals surface area (Å²) in [5.74, 6) is -1.15. The molecule has 0 radical (unpaired) electrons. The highest BCUT2D eigenvalue weighted by atomic mass is 16.2. The predicted molar refractivity (Wildman–Crippen MR) is 114 cm³/mol. The van der Waals surface area contributed by atoms with Gasteiger partial charge in [0.1, 0.15) is 5.57 Å². The van der Waals surface area contributed by atoms with Crippen molar-refractivity contribution in [3.05, 3.63) is 94.8 Å². The number of para-hydroxylation sites is 1. The van der Waals surface area contributed by atoms with E-state index in [1.54, 1.807) is 59.3 Å². The number of nitrogens with zero attached hydrogens (tertiary/aromatic N) is 2. The minimum Gasteiger partial charge on any atom is -0.267 e. The molecule has 0 bridgehead atoms. The molecule has 0 saturated carbocycles. The third-order valence-corrected chi connectivity index (χ3v) is 4.93. The number of aromatic nitrogens is 1. The average molecular weight is 400 g/mol. The van der Waals surface area contributed by atoms with Crippen molar-refractivity contribution in [1.82, 2.24) is 10.1 Å². The van der Waals surface area contributed by atoms with Crippen molar-refractivity contribution >= 4 is 29.5 Å². The molecule has 0 aliphatic carbocycles. The third kappa shape index (κ3) is 3.48. The Labute approximate surface area is 173 Å². The van der Waals surface area contributed by atoms with Crippen molar-refractivity contribution < 1.29 is 14.4 Å². The number of aryl methyl sites for hydroxylation is 1. The standard InChI is InChI=1S/C23H20N4O3/c1-15-13-18(16(2)26(15)24-21(28)17-9-5-3-6-10-17)14-20-22(29)25-27(23(20)30)19-11-7-4-8-12-19/h3-14H,1-2H3,(H,24,28)(H,25,29). The number of benzene rings is 2. The smallest absolute Gasteiger partial charge is 0.267 e. The van der Waals surface area contributed by atoms with Crippen LogP contribution < -0.4 is 15.9 Å². The van der Waals surface area contributed by atoms with Gasteiger partial charge in [-0.2, -0.15) is 0 Å². The van der Waals surface area contributed by atoms with Crippen LogP contribution in [0, 0.1) is 13.8 Å². The summed E-state index contributed by atoms with van der Waals surface area (Å²) in [6.07, 6.45) is 1.55. The van der Waals surface area contributed by atoms with Gasteiger partial charge in [-0.3, -0.25) is 29.9 Å². The summed E-state index contributed by atoms with van der Waals surface area (Å²) in [6, 6.07) is 19.6. The zero-order chi connectivity index (χ0) is 21.3. The van der Waals surface area contributed by atoms with E-state index in [2.05, 4.69) is 10.9 Å². The molecule has 0 unspecified atom stereocenters. The van der Waals surface area contributed by atoms with Crippen LogP contribution in [0.4, 0.5) is 5.69 Å². The summed E-state index contributed by atoms with van der Waals surface area (Å²) >= 11 is 0. The lowest BCUT2D eigenvalue weighted by molar-refractivity contribution is -0.117. The summed E-state index contributed by atoms with van der Waals surface area (Å²) in [5, 5.41) is 1.23. The van der Waals surface area contributed by atoms with Crippen LogP contribution in [-0.2, 0) is 9.59 Å². The Kier molecular flexibility index (Phi) is 4.93. The number of nitrogens with one attached hydrogen (secondary N) is 2. The van der Waals surface area contributed by atoms with Gasteiger partial charge in [-0.05, 0) is 55.8 Å². The number of hydrazine groups is 1. The van der Waals surface area contributed by atoms with Gasteiger partial charge in [0.2, 0.25) is 0 Å². The minimum atomic E-state index is -0.470. The first-order chi connectivity index (χ1) is 14.5. The molecule has 3 aromatic rings. The summed E-state index contributed by atoms with van der Waals surface area (Å²) in [6.45, 7) is 3.66. The molecular weight excluding hydrogens is 380 g/mol. The lowest BCUT2D eigenvalue weighted by Gasteiger charge is -2.13. The first-order valence-corrected chi connectivity index (χ1v) is 9.43. The van der Waals surface area contributed by atoms with E-state index in [1.807, 2.05) is 32.0 Å². The Bertz CT molecular complexity index is 1160. The monoisotopic (exact) mass is 400 g/mol. The fraction of sp³-hybridized carbons (Fsp3) is 0.0870. The largest absolute Gasteiger partial charge is 0.282 e. The molecule has 2 aromatic carbocycles. The maximum absolute atomic E-state index is 12.8. The molecule has 2 N–H and O–H groups in total. The molecule has 7 heteroatoms. The van der Waals surface area contributed by atoms with Gasteiger partial charge in [-0.15, -0.1) is 0 Å². The van der Waals surface area contributed by atoms with Crippen LogP contribution in [0.15, 0.2) is 72.3 Å². The van der Waals surface area contributed by atoms with Crippen LogP contribution in [-0.4, -0.2) is 22.4 Å². The van der Waals surface area contributed by atoms with Gasteiger partial charge in [-0.1, -0.05) is 36.4 Å². The zero-order valence-corrected chi connectivity index (χ0v) is 16.5. The highest BCUT2D eigenvalue weighted by Crippen LogP contribution is 2.23. The van der Waals surface area contributed by atoms with E-state index in [4.69, 9.17) is 0 Å². The number of carbonyl (C=O) groups excluding carboxylic acids is 3. The second-order valence-electron chi connectivity index (χ2n) is 6.94. The maximum Gasteiger partial charge on any atom is 0.282 e. The van der Waals surface area contributed by atoms with E-state index >= 15 is 0 Å². The molecule has 1 aromatic heterocycles. The van der Waals surface area contributed by atoms with Gasteiger partial charge in [0.25, 0.3) is 17.7 Å². The topological polar surface area (TPSA) is 83.4 Å². The Hall–Kier alpha value is -4.13. The third-order valence-electron chi connectivity index (χ3n) is 4.93. The Morgan fingerprint density at radius 2 is 1.60 bits per heavy atom. The van der Waals surface area contributed by atoms with Crippen molar-refractivity contribution in [2.75, 3.05) is 10.4 Å². The molecule has 0 atom stereocenters. The molecule has 1 fully saturated rings. The van der Waals surface area contributed by atoms with E-state index in [9.17, 15) is 14.4 Å². The van der Waals surface area contributed by atoms with Gasteiger partial charge in [0.05, 0.1) is 5.69 Å². The first kappa shape index (κ1) is 19.2. The number of rotatable bonds is 4. The number of amides is 3. The van der Waals surface area contributed by atoms with Gasteiger partial charge >= 0.3 is 0 Å². The summed E-state index contributed by atoms with van der Waals surface area (Å²) in [4.78, 5) is 37.7. The number of anilines is 1. The molecule has 1 saturated heterocycles. The van der Waals surface area contributed by atoms with Crippen LogP contribution >= 0.6 is 0 Å². The first-order valence-electron chi connectivity index (χ1n) is 9.43. The molecule has 0 spiro atoms. The second kappa shape index (κ2) is 7.71. The summed E-state index contributed by atoms with van der Waals surface area (Å²) in [7, 11) is 0. The van der Waals surface area contributed by atoms with Gasteiger partial charge in [0, 0.05) is 17.0 Å². The van der Waals surface area contributed by atoms with Crippen LogP contribution in [0.5, 0.6) is 0 Å². The van der Waals surface area contributed by atoms with Crippen molar-refractivity contribution in [2.45, 2.75) is 13.8 Å². The second-order valence-corrected chi connectivity index (χ2v) is 6.94. The number of hydrogen-bond acceptors (Lipinski definition) is 3. The Morgan fingerprint density at radius 3 is 2.27 bits per heavy atom. The van der Waals surface area contributed by atoms with Crippen molar-refractivity contribution in [3.8, 4) is 0 Å². The Morgan fingerprint density at radius 1 is 0.967 bits per heavy atom. The van der Waals surface area contributed by atoms with Crippen LogP contribution in [0.3, 0.4) is 0 Å². The van der Waals surface area contributed by atoms with E-state index < -0.39 is 11.8 Å². The van der Waals surface area contributed by atoms with E-state index in [0.717, 1.165) is 5.69 Å². The molecule has 7 nitrogen and oxygen atoms in total. The maximum atomic E-state index is 12.8. The molecule has 4 rings (SSSR count). The molecular formula is C23H20N4O3. The van der Waals surface area contributed by atoms with Crippen molar-refractivity contribution in [3.63, 3.8) is 0 Å².